The number of primary amides is 1. The Kier molecular flexibility index (Phi) is 25.2. The minimum atomic E-state index is -1.37. The summed E-state index contributed by atoms with van der Waals surface area (Å²) in [4.78, 5) is 109. The molecule has 21 nitrogen and oxygen atoms in total. The largest absolute Gasteiger partial charge is 0.481 e. The van der Waals surface area contributed by atoms with Crippen molar-refractivity contribution in [2.45, 2.75) is 96.1 Å². The first kappa shape index (κ1) is 51.7. The molecule has 0 unspecified atom stereocenters. The molecule has 1 fully saturated rings. The van der Waals surface area contributed by atoms with Crippen molar-refractivity contribution in [3.63, 3.8) is 0 Å². The monoisotopic (exact) mass is 865 g/mol. The van der Waals surface area contributed by atoms with Crippen LogP contribution in [0.15, 0.2) is 23.3 Å². The molecule has 0 aromatic heterocycles. The van der Waals surface area contributed by atoms with Gasteiger partial charge in [-0.1, -0.05) is 17.7 Å². The van der Waals surface area contributed by atoms with E-state index in [0.717, 1.165) is 18.4 Å². The topological polar surface area (TPSA) is 320 Å². The van der Waals surface area contributed by atoms with Gasteiger partial charge in [0.05, 0.1) is 52.7 Å². The second-order valence-electron chi connectivity index (χ2n) is 14.8. The molecular weight excluding hydrogens is 802 g/mol. The number of carboxylic acid groups (broad SMARTS) is 2. The van der Waals surface area contributed by atoms with E-state index in [1.54, 1.807) is 0 Å². The Hall–Kier alpha value is -5.41. The predicted octanol–water partition coefficient (Wildman–Crippen LogP) is -1.06. The van der Waals surface area contributed by atoms with Gasteiger partial charge in [-0.3, -0.25) is 38.4 Å². The number of carbonyl (C=O) groups is 9. The fourth-order valence-electron chi connectivity index (χ4n) is 6.37. The van der Waals surface area contributed by atoms with Crippen molar-refractivity contribution in [2.75, 3.05) is 65.8 Å². The number of carbonyl (C=O) groups excluding carboxylic acids is 7. The Morgan fingerprint density at radius 3 is 1.92 bits per heavy atom. The number of rotatable bonds is 31. The summed E-state index contributed by atoms with van der Waals surface area (Å²) in [6.45, 7) is 2.78. The third-order valence-corrected chi connectivity index (χ3v) is 9.84. The van der Waals surface area contributed by atoms with Crippen LogP contribution in [0.1, 0.15) is 84.0 Å². The van der Waals surface area contributed by atoms with Crippen LogP contribution in [0.2, 0.25) is 0 Å². The molecule has 1 saturated carbocycles. The van der Waals surface area contributed by atoms with Gasteiger partial charge in [0.15, 0.2) is 0 Å². The van der Waals surface area contributed by atoms with Crippen molar-refractivity contribution in [1.82, 2.24) is 31.9 Å². The molecule has 21 heteroatoms. The molecule has 0 aromatic rings. The number of hydrogen-bond acceptors (Lipinski definition) is 12. The van der Waals surface area contributed by atoms with Gasteiger partial charge < -0.3 is 62.1 Å². The third kappa shape index (κ3) is 23.2. The van der Waals surface area contributed by atoms with Gasteiger partial charge in [-0.25, -0.2) is 4.79 Å². The van der Waals surface area contributed by atoms with Crippen LogP contribution in [0.3, 0.4) is 0 Å². The SMILES string of the molecule is CC1=CC(C(=O)NCCCC[C@@H](NC(=O)CNC(=O)[C@@H](CCC(=O)O)NC(=O)CNC(=O)CCOCCOCCOCCNC(=O)C2CCC(C(N)=O)CC2)C(=O)O)=CCC1. The third-order valence-electron chi connectivity index (χ3n) is 9.84. The van der Waals surface area contributed by atoms with E-state index in [0.29, 0.717) is 70.4 Å². The quantitative estimate of drug-likeness (QED) is 0.0376. The summed E-state index contributed by atoms with van der Waals surface area (Å²) in [7, 11) is 0. The lowest BCUT2D eigenvalue weighted by Crippen LogP contribution is -2.52. The van der Waals surface area contributed by atoms with Gasteiger partial charge in [-0.15, -0.1) is 0 Å². The zero-order valence-electron chi connectivity index (χ0n) is 34.9. The number of allylic oxidation sites excluding steroid dienone is 2. The van der Waals surface area contributed by atoms with E-state index in [9.17, 15) is 48.3 Å². The van der Waals surface area contributed by atoms with E-state index in [-0.39, 0.29) is 75.2 Å². The molecule has 0 spiro atoms. The van der Waals surface area contributed by atoms with Gasteiger partial charge in [-0.05, 0) is 71.1 Å². The lowest BCUT2D eigenvalue weighted by atomic mass is 9.81. The molecule has 0 aliphatic heterocycles. The van der Waals surface area contributed by atoms with Crippen molar-refractivity contribution >= 4 is 53.3 Å². The number of unbranched alkanes of at least 4 members (excludes halogenated alkanes) is 1. The van der Waals surface area contributed by atoms with Crippen LogP contribution >= 0.6 is 0 Å². The number of nitrogens with one attached hydrogen (secondary N) is 6. The van der Waals surface area contributed by atoms with Crippen molar-refractivity contribution < 1.29 is 67.6 Å². The van der Waals surface area contributed by atoms with E-state index < -0.39 is 67.2 Å². The summed E-state index contributed by atoms with van der Waals surface area (Å²) < 4.78 is 16.2. The van der Waals surface area contributed by atoms with Gasteiger partial charge >= 0.3 is 11.9 Å². The second-order valence-corrected chi connectivity index (χ2v) is 14.8. The molecule has 342 valence electrons. The lowest BCUT2D eigenvalue weighted by molar-refractivity contribution is -0.142. The van der Waals surface area contributed by atoms with Gasteiger partial charge in [-0.2, -0.15) is 0 Å². The van der Waals surface area contributed by atoms with Crippen molar-refractivity contribution in [2.24, 2.45) is 17.6 Å². The Labute approximate surface area is 355 Å². The summed E-state index contributed by atoms with van der Waals surface area (Å²) in [5, 5.41) is 33.6. The maximum Gasteiger partial charge on any atom is 0.326 e. The molecule has 61 heavy (non-hydrogen) atoms. The summed E-state index contributed by atoms with van der Waals surface area (Å²) in [6.07, 6.45) is 7.88. The fourth-order valence-corrected chi connectivity index (χ4v) is 6.37. The predicted molar refractivity (Wildman–Crippen MR) is 217 cm³/mol. The first-order valence-electron chi connectivity index (χ1n) is 20.7. The molecule has 2 aliphatic carbocycles. The van der Waals surface area contributed by atoms with Crippen LogP contribution in [-0.2, 0) is 57.4 Å². The molecule has 7 amide bonds. The van der Waals surface area contributed by atoms with E-state index >= 15 is 0 Å². The summed E-state index contributed by atoms with van der Waals surface area (Å²) in [5.74, 6) is -6.43. The number of amides is 7. The molecule has 0 aromatic carbocycles. The van der Waals surface area contributed by atoms with Crippen molar-refractivity contribution in [1.29, 1.82) is 0 Å². The molecule has 0 radical (unpaired) electrons. The number of aliphatic carboxylic acids is 2. The normalized spacial score (nSPS) is 17.0. The van der Waals surface area contributed by atoms with E-state index in [1.165, 1.54) is 0 Å². The number of ether oxygens (including phenoxy) is 3. The lowest BCUT2D eigenvalue weighted by Gasteiger charge is -2.25. The van der Waals surface area contributed by atoms with Crippen LogP contribution in [0.5, 0.6) is 0 Å². The first-order valence-corrected chi connectivity index (χ1v) is 20.7. The van der Waals surface area contributed by atoms with Crippen LogP contribution in [0, 0.1) is 11.8 Å². The fraction of sp³-hybridized carbons (Fsp3) is 0.675. The molecule has 2 atom stereocenters. The maximum absolute atomic E-state index is 12.8. The Bertz CT molecular complexity index is 1560. The van der Waals surface area contributed by atoms with Gasteiger partial charge in [0, 0.05) is 43.3 Å². The standard InChI is InChI=1S/C40H63N7O14/c1-26-5-4-6-29(23-26)38(55)42-15-3-2-7-31(40(57)58)47-34(50)25-45-39(56)30(12-13-35(51)52)46-33(49)24-44-32(48)14-17-59-19-21-61-22-20-60-18-16-43-37(54)28-10-8-27(9-11-28)36(41)53/h6,23,27-28,30-31H,2-5,7-22,24-25H2,1H3,(H2,41,53)(H,42,55)(H,43,54)(H,44,48)(H,45,56)(H,46,49)(H,47,50)(H,51,52)(H,57,58)/t27?,28?,30-,31-/m1/s1. The summed E-state index contributed by atoms with van der Waals surface area (Å²) in [5.41, 5.74) is 7.03. The highest BCUT2D eigenvalue weighted by molar-refractivity contribution is 5.96. The number of nitrogens with two attached hydrogens (primary N) is 1. The average molecular weight is 866 g/mol. The summed E-state index contributed by atoms with van der Waals surface area (Å²) in [6, 6.07) is -2.64. The Morgan fingerprint density at radius 2 is 1.30 bits per heavy atom. The van der Waals surface area contributed by atoms with Gasteiger partial charge in [0.2, 0.25) is 35.4 Å². The van der Waals surface area contributed by atoms with E-state index in [4.69, 9.17) is 25.1 Å². The molecule has 10 N–H and O–H groups in total. The van der Waals surface area contributed by atoms with Crippen LogP contribution in [0.25, 0.3) is 0 Å². The molecule has 0 saturated heterocycles. The molecule has 0 heterocycles. The molecule has 2 aliphatic rings. The number of carboxylic acids is 2. The summed E-state index contributed by atoms with van der Waals surface area (Å²) >= 11 is 0. The first-order chi connectivity index (χ1) is 29.2. The van der Waals surface area contributed by atoms with Crippen molar-refractivity contribution in [3.8, 4) is 0 Å². The minimum absolute atomic E-state index is 0.0280. The van der Waals surface area contributed by atoms with Crippen LogP contribution in [-0.4, -0.2) is 141 Å². The zero-order valence-corrected chi connectivity index (χ0v) is 34.9. The second kappa shape index (κ2) is 29.8. The number of hydrogen-bond donors (Lipinski definition) is 9. The average Bonchev–Trinajstić information content (AvgIpc) is 3.22. The van der Waals surface area contributed by atoms with Gasteiger partial charge in [0.1, 0.15) is 12.1 Å². The highest BCUT2D eigenvalue weighted by Crippen LogP contribution is 2.28. The highest BCUT2D eigenvalue weighted by Gasteiger charge is 2.29. The van der Waals surface area contributed by atoms with Gasteiger partial charge in [0.25, 0.3) is 5.91 Å². The van der Waals surface area contributed by atoms with E-state index in [1.807, 2.05) is 19.1 Å². The maximum atomic E-state index is 12.8. The molecule has 2 rings (SSSR count). The molecule has 0 bridgehead atoms. The van der Waals surface area contributed by atoms with Crippen LogP contribution in [0.4, 0.5) is 0 Å². The minimum Gasteiger partial charge on any atom is -0.481 e. The zero-order chi connectivity index (χ0) is 45.0. The van der Waals surface area contributed by atoms with E-state index in [2.05, 4.69) is 31.9 Å². The van der Waals surface area contributed by atoms with Crippen LogP contribution < -0.4 is 37.6 Å². The molecular formula is C40H63N7O14. The Morgan fingerprint density at radius 1 is 0.689 bits per heavy atom. The Balaban J connectivity index is 1.56. The highest BCUT2D eigenvalue weighted by atomic mass is 16.5. The van der Waals surface area contributed by atoms with Crippen molar-refractivity contribution in [3.05, 3.63) is 23.3 Å². The smallest absolute Gasteiger partial charge is 0.326 e.